The summed E-state index contributed by atoms with van der Waals surface area (Å²) in [6.45, 7) is 3.93. The number of hydrogen-bond donors (Lipinski definition) is 1. The van der Waals surface area contributed by atoms with Gasteiger partial charge in [-0.3, -0.25) is 4.68 Å². The van der Waals surface area contributed by atoms with Crippen LogP contribution in [0.25, 0.3) is 0 Å². The molecule has 1 aromatic rings. The zero-order valence-corrected chi connectivity index (χ0v) is 7.31. The Morgan fingerprint density at radius 2 is 2.50 bits per heavy atom. The van der Waals surface area contributed by atoms with Crippen molar-refractivity contribution in [2.45, 2.75) is 19.6 Å². The van der Waals surface area contributed by atoms with Crippen molar-refractivity contribution in [3.63, 3.8) is 0 Å². The molecule has 0 fully saturated rings. The molecule has 0 radical (unpaired) electrons. The maximum absolute atomic E-state index is 5.51. The van der Waals surface area contributed by atoms with Gasteiger partial charge < -0.3 is 10.5 Å². The van der Waals surface area contributed by atoms with E-state index in [0.29, 0.717) is 13.2 Å². The second-order valence-corrected chi connectivity index (χ2v) is 2.54. The van der Waals surface area contributed by atoms with Crippen LogP contribution in [-0.2, 0) is 11.3 Å². The Balaban J connectivity index is 2.37. The summed E-state index contributed by atoms with van der Waals surface area (Å²) in [6.07, 6.45) is 3.73. The van der Waals surface area contributed by atoms with Crippen LogP contribution in [0.3, 0.4) is 0 Å². The van der Waals surface area contributed by atoms with E-state index in [1.807, 2.05) is 23.9 Å². The van der Waals surface area contributed by atoms with Gasteiger partial charge in [0.2, 0.25) is 0 Å². The first-order valence-corrected chi connectivity index (χ1v) is 4.16. The van der Waals surface area contributed by atoms with Crippen LogP contribution in [0, 0.1) is 0 Å². The zero-order valence-electron chi connectivity index (χ0n) is 7.31. The fraction of sp³-hybridized carbons (Fsp3) is 0.625. The first-order valence-electron chi connectivity index (χ1n) is 4.16. The topological polar surface area (TPSA) is 53.1 Å². The molecule has 4 nitrogen and oxygen atoms in total. The number of aromatic nitrogens is 2. The maximum Gasteiger partial charge on any atom is 0.0892 e. The van der Waals surface area contributed by atoms with E-state index in [1.54, 1.807) is 6.20 Å². The SMILES string of the molecule is CCOC(CN)Cn1cccn1. The summed E-state index contributed by atoms with van der Waals surface area (Å²) in [5, 5.41) is 4.07. The predicted octanol–water partition coefficient (Wildman–Crippen LogP) is 0.247. The molecule has 1 rings (SSSR count). The van der Waals surface area contributed by atoms with Crippen molar-refractivity contribution in [1.29, 1.82) is 0 Å². The van der Waals surface area contributed by atoms with Gasteiger partial charge in [0.15, 0.2) is 0 Å². The average Bonchev–Trinajstić information content (AvgIpc) is 2.56. The van der Waals surface area contributed by atoms with Gasteiger partial charge in [-0.25, -0.2) is 0 Å². The molecule has 12 heavy (non-hydrogen) atoms. The molecule has 1 atom stereocenters. The molecular formula is C8H15N3O. The number of nitrogens with zero attached hydrogens (tertiary/aromatic N) is 2. The summed E-state index contributed by atoms with van der Waals surface area (Å²) in [5.41, 5.74) is 5.51. The normalized spacial score (nSPS) is 13.2. The monoisotopic (exact) mass is 169 g/mol. The van der Waals surface area contributed by atoms with Crippen LogP contribution < -0.4 is 5.73 Å². The van der Waals surface area contributed by atoms with Crippen molar-refractivity contribution in [3.8, 4) is 0 Å². The molecule has 0 aliphatic heterocycles. The van der Waals surface area contributed by atoms with E-state index < -0.39 is 0 Å². The summed E-state index contributed by atoms with van der Waals surface area (Å²) >= 11 is 0. The minimum Gasteiger partial charge on any atom is -0.375 e. The fourth-order valence-electron chi connectivity index (χ4n) is 1.05. The summed E-state index contributed by atoms with van der Waals surface area (Å²) in [6, 6.07) is 1.89. The van der Waals surface area contributed by atoms with Gasteiger partial charge in [0.25, 0.3) is 0 Å². The standard InChI is InChI=1S/C8H15N3O/c1-2-12-8(6-9)7-11-5-3-4-10-11/h3-5,8H,2,6-7,9H2,1H3. The van der Waals surface area contributed by atoms with Gasteiger partial charge in [-0.2, -0.15) is 5.10 Å². The van der Waals surface area contributed by atoms with Crippen molar-refractivity contribution < 1.29 is 4.74 Å². The van der Waals surface area contributed by atoms with Crippen molar-refractivity contribution >= 4 is 0 Å². The Labute approximate surface area is 72.3 Å². The molecule has 1 heterocycles. The molecule has 2 N–H and O–H groups in total. The van der Waals surface area contributed by atoms with E-state index in [9.17, 15) is 0 Å². The number of ether oxygens (including phenoxy) is 1. The van der Waals surface area contributed by atoms with Gasteiger partial charge in [0.1, 0.15) is 0 Å². The number of rotatable bonds is 5. The molecule has 0 aliphatic carbocycles. The maximum atomic E-state index is 5.51. The van der Waals surface area contributed by atoms with Crippen LogP contribution in [0.2, 0.25) is 0 Å². The fourth-order valence-corrected chi connectivity index (χ4v) is 1.05. The lowest BCUT2D eigenvalue weighted by atomic mass is 10.3. The van der Waals surface area contributed by atoms with Crippen molar-refractivity contribution in [2.24, 2.45) is 5.73 Å². The van der Waals surface area contributed by atoms with E-state index in [1.165, 1.54) is 0 Å². The van der Waals surface area contributed by atoms with Gasteiger partial charge in [-0.1, -0.05) is 0 Å². The van der Waals surface area contributed by atoms with Gasteiger partial charge in [-0.15, -0.1) is 0 Å². The smallest absolute Gasteiger partial charge is 0.0892 e. The Morgan fingerprint density at radius 1 is 1.67 bits per heavy atom. The first kappa shape index (κ1) is 9.22. The summed E-state index contributed by atoms with van der Waals surface area (Å²) in [7, 11) is 0. The lowest BCUT2D eigenvalue weighted by Gasteiger charge is -2.14. The zero-order chi connectivity index (χ0) is 8.81. The molecule has 0 amide bonds. The third-order valence-corrected chi connectivity index (χ3v) is 1.62. The second-order valence-electron chi connectivity index (χ2n) is 2.54. The second kappa shape index (κ2) is 4.90. The average molecular weight is 169 g/mol. The van der Waals surface area contributed by atoms with Gasteiger partial charge >= 0.3 is 0 Å². The van der Waals surface area contributed by atoms with E-state index >= 15 is 0 Å². The molecular weight excluding hydrogens is 154 g/mol. The van der Waals surface area contributed by atoms with E-state index in [-0.39, 0.29) is 6.10 Å². The number of hydrogen-bond acceptors (Lipinski definition) is 3. The highest BCUT2D eigenvalue weighted by atomic mass is 16.5. The van der Waals surface area contributed by atoms with Crippen LogP contribution in [0.1, 0.15) is 6.92 Å². The van der Waals surface area contributed by atoms with Gasteiger partial charge in [0, 0.05) is 25.5 Å². The van der Waals surface area contributed by atoms with Gasteiger partial charge in [-0.05, 0) is 13.0 Å². The van der Waals surface area contributed by atoms with Crippen LogP contribution in [0.4, 0.5) is 0 Å². The Bertz CT molecular complexity index is 198. The molecule has 4 heteroatoms. The summed E-state index contributed by atoms with van der Waals surface area (Å²) < 4.78 is 7.21. The van der Waals surface area contributed by atoms with Crippen LogP contribution in [0.5, 0.6) is 0 Å². The largest absolute Gasteiger partial charge is 0.375 e. The van der Waals surface area contributed by atoms with E-state index in [2.05, 4.69) is 5.10 Å². The van der Waals surface area contributed by atoms with Crippen molar-refractivity contribution in [2.75, 3.05) is 13.2 Å². The molecule has 0 saturated heterocycles. The molecule has 0 aliphatic rings. The summed E-state index contributed by atoms with van der Waals surface area (Å²) in [4.78, 5) is 0. The molecule has 1 unspecified atom stereocenters. The van der Waals surface area contributed by atoms with E-state index in [0.717, 1.165) is 6.54 Å². The Hall–Kier alpha value is -0.870. The van der Waals surface area contributed by atoms with Crippen molar-refractivity contribution in [1.82, 2.24) is 9.78 Å². The molecule has 1 aromatic heterocycles. The molecule has 0 aromatic carbocycles. The van der Waals surface area contributed by atoms with Crippen LogP contribution in [-0.4, -0.2) is 29.0 Å². The third kappa shape index (κ3) is 2.64. The first-order chi connectivity index (χ1) is 5.86. The van der Waals surface area contributed by atoms with E-state index in [4.69, 9.17) is 10.5 Å². The minimum atomic E-state index is 0.0786. The molecule has 0 saturated carbocycles. The lowest BCUT2D eigenvalue weighted by Crippen LogP contribution is -2.28. The Morgan fingerprint density at radius 3 is 3.00 bits per heavy atom. The molecule has 68 valence electrons. The predicted molar refractivity (Wildman–Crippen MR) is 46.7 cm³/mol. The highest BCUT2D eigenvalue weighted by molar-refractivity contribution is 4.78. The highest BCUT2D eigenvalue weighted by Crippen LogP contribution is 1.94. The highest BCUT2D eigenvalue weighted by Gasteiger charge is 2.05. The third-order valence-electron chi connectivity index (χ3n) is 1.62. The van der Waals surface area contributed by atoms with Crippen molar-refractivity contribution in [3.05, 3.63) is 18.5 Å². The molecule has 0 bridgehead atoms. The van der Waals surface area contributed by atoms with Gasteiger partial charge in [0.05, 0.1) is 12.6 Å². The number of nitrogens with two attached hydrogens (primary N) is 1. The van der Waals surface area contributed by atoms with Crippen LogP contribution >= 0.6 is 0 Å². The Kier molecular flexibility index (Phi) is 3.76. The minimum absolute atomic E-state index is 0.0786. The van der Waals surface area contributed by atoms with Crippen LogP contribution in [0.15, 0.2) is 18.5 Å². The lowest BCUT2D eigenvalue weighted by molar-refractivity contribution is 0.0542. The summed E-state index contributed by atoms with van der Waals surface area (Å²) in [5.74, 6) is 0. The molecule has 0 spiro atoms. The quantitative estimate of drug-likeness (QED) is 0.687.